The lowest BCUT2D eigenvalue weighted by molar-refractivity contribution is 0.249. The standard InChI is InChI=1S/C14H23ClN4/c1-10(2)14-16-12(15)9-13(17-14)19-7-5-11(6-8-19)18(3)4/h9-11H,5-8H2,1-4H3. The Kier molecular flexibility index (Phi) is 4.63. The van der Waals surface area contributed by atoms with E-state index in [2.05, 4.69) is 47.7 Å². The van der Waals surface area contributed by atoms with Crippen molar-refractivity contribution in [1.29, 1.82) is 0 Å². The number of halogens is 1. The van der Waals surface area contributed by atoms with Gasteiger partial charge in [0.15, 0.2) is 0 Å². The number of rotatable bonds is 3. The van der Waals surface area contributed by atoms with Crippen LogP contribution in [0.1, 0.15) is 38.4 Å². The predicted octanol–water partition coefficient (Wildman–Crippen LogP) is 2.78. The molecule has 1 saturated heterocycles. The zero-order chi connectivity index (χ0) is 14.0. The van der Waals surface area contributed by atoms with Crippen molar-refractivity contribution in [3.8, 4) is 0 Å². The smallest absolute Gasteiger partial charge is 0.135 e. The predicted molar refractivity (Wildman–Crippen MR) is 80.1 cm³/mol. The number of piperidine rings is 1. The lowest BCUT2D eigenvalue weighted by Crippen LogP contribution is -2.42. The van der Waals surface area contributed by atoms with Gasteiger partial charge in [-0.15, -0.1) is 0 Å². The third-order valence-electron chi connectivity index (χ3n) is 3.73. The molecule has 0 radical (unpaired) electrons. The first-order valence-electron chi connectivity index (χ1n) is 6.93. The highest BCUT2D eigenvalue weighted by Gasteiger charge is 2.22. The van der Waals surface area contributed by atoms with E-state index in [4.69, 9.17) is 11.6 Å². The first kappa shape index (κ1) is 14.5. The van der Waals surface area contributed by atoms with Gasteiger partial charge in [0.05, 0.1) is 0 Å². The minimum Gasteiger partial charge on any atom is -0.356 e. The van der Waals surface area contributed by atoms with Crippen LogP contribution in [0.5, 0.6) is 0 Å². The summed E-state index contributed by atoms with van der Waals surface area (Å²) in [7, 11) is 4.30. The van der Waals surface area contributed by atoms with Gasteiger partial charge in [0.25, 0.3) is 0 Å². The maximum absolute atomic E-state index is 6.11. The Labute approximate surface area is 120 Å². The Hall–Kier alpha value is -0.870. The fourth-order valence-corrected chi connectivity index (χ4v) is 2.64. The van der Waals surface area contributed by atoms with Crippen LogP contribution in [0.4, 0.5) is 5.82 Å². The van der Waals surface area contributed by atoms with Crippen molar-refractivity contribution >= 4 is 17.4 Å². The van der Waals surface area contributed by atoms with Crippen molar-refractivity contribution in [1.82, 2.24) is 14.9 Å². The normalized spacial score (nSPS) is 17.5. The minimum atomic E-state index is 0.303. The quantitative estimate of drug-likeness (QED) is 0.798. The molecule has 19 heavy (non-hydrogen) atoms. The van der Waals surface area contributed by atoms with Gasteiger partial charge in [0.2, 0.25) is 0 Å². The monoisotopic (exact) mass is 282 g/mol. The summed E-state index contributed by atoms with van der Waals surface area (Å²) in [6.45, 7) is 6.25. The fourth-order valence-electron chi connectivity index (χ4n) is 2.45. The van der Waals surface area contributed by atoms with Crippen molar-refractivity contribution in [3.63, 3.8) is 0 Å². The summed E-state index contributed by atoms with van der Waals surface area (Å²) in [5.41, 5.74) is 0. The molecule has 5 heteroatoms. The highest BCUT2D eigenvalue weighted by atomic mass is 35.5. The topological polar surface area (TPSA) is 32.3 Å². The highest BCUT2D eigenvalue weighted by Crippen LogP contribution is 2.23. The SMILES string of the molecule is CC(C)c1nc(Cl)cc(N2CCC(N(C)C)CC2)n1. The molecule has 2 heterocycles. The summed E-state index contributed by atoms with van der Waals surface area (Å²) in [4.78, 5) is 13.6. The summed E-state index contributed by atoms with van der Waals surface area (Å²) in [5.74, 6) is 2.11. The number of nitrogens with zero attached hydrogens (tertiary/aromatic N) is 4. The Balaban J connectivity index is 2.11. The molecule has 1 aromatic rings. The molecule has 1 aliphatic rings. The maximum atomic E-state index is 6.11. The van der Waals surface area contributed by atoms with Gasteiger partial charge in [-0.3, -0.25) is 0 Å². The molecule has 0 N–H and O–H groups in total. The number of hydrogen-bond acceptors (Lipinski definition) is 4. The van der Waals surface area contributed by atoms with Gasteiger partial charge >= 0.3 is 0 Å². The van der Waals surface area contributed by atoms with Crippen LogP contribution in [-0.2, 0) is 0 Å². The average molecular weight is 283 g/mol. The molecule has 0 spiro atoms. The number of anilines is 1. The summed E-state index contributed by atoms with van der Waals surface area (Å²) in [6.07, 6.45) is 2.34. The number of hydrogen-bond donors (Lipinski definition) is 0. The molecule has 0 atom stereocenters. The second-order valence-electron chi connectivity index (χ2n) is 5.74. The van der Waals surface area contributed by atoms with E-state index >= 15 is 0 Å². The van der Waals surface area contributed by atoms with Crippen LogP contribution in [-0.4, -0.2) is 48.1 Å². The van der Waals surface area contributed by atoms with Gasteiger partial charge in [-0.1, -0.05) is 25.4 Å². The first-order valence-corrected chi connectivity index (χ1v) is 7.31. The van der Waals surface area contributed by atoms with E-state index in [0.29, 0.717) is 17.1 Å². The van der Waals surface area contributed by atoms with Gasteiger partial charge < -0.3 is 9.80 Å². The zero-order valence-electron chi connectivity index (χ0n) is 12.2. The van der Waals surface area contributed by atoms with Crippen LogP contribution in [0.15, 0.2) is 6.07 Å². The van der Waals surface area contributed by atoms with E-state index in [1.54, 1.807) is 0 Å². The molecule has 0 bridgehead atoms. The highest BCUT2D eigenvalue weighted by molar-refractivity contribution is 6.29. The summed E-state index contributed by atoms with van der Waals surface area (Å²) in [6, 6.07) is 2.56. The molecule has 0 amide bonds. The molecule has 0 aromatic carbocycles. The van der Waals surface area contributed by atoms with Gasteiger partial charge in [-0.05, 0) is 26.9 Å². The van der Waals surface area contributed by atoms with E-state index in [0.717, 1.165) is 24.7 Å². The molecule has 1 aliphatic heterocycles. The Morgan fingerprint density at radius 1 is 1.26 bits per heavy atom. The Morgan fingerprint density at radius 3 is 2.42 bits per heavy atom. The van der Waals surface area contributed by atoms with Gasteiger partial charge in [0.1, 0.15) is 16.8 Å². The third-order valence-corrected chi connectivity index (χ3v) is 3.93. The molecule has 0 saturated carbocycles. The lowest BCUT2D eigenvalue weighted by Gasteiger charge is -2.36. The largest absolute Gasteiger partial charge is 0.356 e. The van der Waals surface area contributed by atoms with E-state index in [1.807, 2.05) is 6.07 Å². The van der Waals surface area contributed by atoms with Crippen LogP contribution >= 0.6 is 11.6 Å². The van der Waals surface area contributed by atoms with E-state index in [1.165, 1.54) is 12.8 Å². The zero-order valence-corrected chi connectivity index (χ0v) is 13.0. The maximum Gasteiger partial charge on any atom is 0.135 e. The second kappa shape index (κ2) is 6.06. The van der Waals surface area contributed by atoms with Crippen molar-refractivity contribution < 1.29 is 0 Å². The van der Waals surface area contributed by atoms with Crippen LogP contribution in [0.25, 0.3) is 0 Å². The van der Waals surface area contributed by atoms with E-state index in [-0.39, 0.29) is 0 Å². The molecular weight excluding hydrogens is 260 g/mol. The van der Waals surface area contributed by atoms with Crippen LogP contribution in [0.2, 0.25) is 5.15 Å². The number of aromatic nitrogens is 2. The average Bonchev–Trinajstić information content (AvgIpc) is 2.38. The molecule has 106 valence electrons. The van der Waals surface area contributed by atoms with Crippen LogP contribution in [0.3, 0.4) is 0 Å². The molecule has 1 aromatic heterocycles. The van der Waals surface area contributed by atoms with Crippen LogP contribution < -0.4 is 4.90 Å². The molecular formula is C14H23ClN4. The van der Waals surface area contributed by atoms with E-state index in [9.17, 15) is 0 Å². The fraction of sp³-hybridized carbons (Fsp3) is 0.714. The minimum absolute atomic E-state index is 0.303. The molecule has 4 nitrogen and oxygen atoms in total. The summed E-state index contributed by atoms with van der Waals surface area (Å²) < 4.78 is 0. The third kappa shape index (κ3) is 3.57. The molecule has 0 unspecified atom stereocenters. The van der Waals surface area contributed by atoms with Gasteiger partial charge in [0, 0.05) is 31.1 Å². The molecule has 2 rings (SSSR count). The molecule has 0 aliphatic carbocycles. The Bertz CT molecular complexity index is 425. The summed E-state index contributed by atoms with van der Waals surface area (Å²) >= 11 is 6.11. The molecule has 1 fully saturated rings. The summed E-state index contributed by atoms with van der Waals surface area (Å²) in [5, 5.41) is 0.545. The van der Waals surface area contributed by atoms with Crippen LogP contribution in [0, 0.1) is 0 Å². The van der Waals surface area contributed by atoms with Crippen molar-refractivity contribution in [2.75, 3.05) is 32.1 Å². The lowest BCUT2D eigenvalue weighted by atomic mass is 10.0. The first-order chi connectivity index (χ1) is 8.97. The second-order valence-corrected chi connectivity index (χ2v) is 6.13. The van der Waals surface area contributed by atoms with Crippen molar-refractivity contribution in [3.05, 3.63) is 17.0 Å². The Morgan fingerprint density at radius 2 is 1.89 bits per heavy atom. The van der Waals surface area contributed by atoms with E-state index < -0.39 is 0 Å². The van der Waals surface area contributed by atoms with Crippen molar-refractivity contribution in [2.45, 2.75) is 38.6 Å². The van der Waals surface area contributed by atoms with Gasteiger partial charge in [-0.2, -0.15) is 0 Å². The van der Waals surface area contributed by atoms with Crippen molar-refractivity contribution in [2.24, 2.45) is 0 Å². The van der Waals surface area contributed by atoms with Gasteiger partial charge in [-0.25, -0.2) is 9.97 Å².